The predicted molar refractivity (Wildman–Crippen MR) is 79.8 cm³/mol. The summed E-state index contributed by atoms with van der Waals surface area (Å²) in [5.41, 5.74) is 3.84. The molecule has 0 saturated carbocycles. The SMILES string of the molecule is COc1ccc2c(-c3ccc(C(=O)O)cn3)c(C)[nH]c2c1. The maximum absolute atomic E-state index is 10.9. The molecule has 0 fully saturated rings. The summed E-state index contributed by atoms with van der Waals surface area (Å²) in [6.45, 7) is 1.97. The number of H-pyrrole nitrogens is 1. The summed E-state index contributed by atoms with van der Waals surface area (Å²) < 4.78 is 5.22. The third-order valence-electron chi connectivity index (χ3n) is 3.46. The van der Waals surface area contributed by atoms with Gasteiger partial charge in [-0.05, 0) is 31.2 Å². The summed E-state index contributed by atoms with van der Waals surface area (Å²) in [6, 6.07) is 9.08. The van der Waals surface area contributed by atoms with Gasteiger partial charge in [-0.1, -0.05) is 0 Å². The Hall–Kier alpha value is -2.82. The summed E-state index contributed by atoms with van der Waals surface area (Å²) in [6.07, 6.45) is 1.37. The second kappa shape index (κ2) is 4.94. The van der Waals surface area contributed by atoms with Crippen LogP contribution in [0.25, 0.3) is 22.2 Å². The van der Waals surface area contributed by atoms with E-state index in [9.17, 15) is 4.79 Å². The van der Waals surface area contributed by atoms with Gasteiger partial charge in [-0.3, -0.25) is 4.98 Å². The standard InChI is InChI=1S/C16H14N2O3/c1-9-15(13-6-3-10(8-17-13)16(19)20)12-5-4-11(21-2)7-14(12)18-9/h3-8,18H,1-2H3,(H,19,20). The summed E-state index contributed by atoms with van der Waals surface area (Å²) in [7, 11) is 1.63. The highest BCUT2D eigenvalue weighted by molar-refractivity contribution is 5.97. The van der Waals surface area contributed by atoms with Crippen molar-refractivity contribution in [2.75, 3.05) is 7.11 Å². The van der Waals surface area contributed by atoms with E-state index < -0.39 is 5.97 Å². The lowest BCUT2D eigenvalue weighted by molar-refractivity contribution is 0.0696. The molecule has 2 heterocycles. The molecule has 106 valence electrons. The van der Waals surface area contributed by atoms with Crippen molar-refractivity contribution < 1.29 is 14.6 Å². The van der Waals surface area contributed by atoms with Crippen molar-refractivity contribution in [3.63, 3.8) is 0 Å². The molecule has 0 radical (unpaired) electrons. The minimum absolute atomic E-state index is 0.179. The van der Waals surface area contributed by atoms with Crippen LogP contribution in [-0.2, 0) is 0 Å². The Morgan fingerprint density at radius 3 is 2.71 bits per heavy atom. The van der Waals surface area contributed by atoms with Crippen LogP contribution in [0.1, 0.15) is 16.1 Å². The molecule has 2 aromatic heterocycles. The van der Waals surface area contributed by atoms with Crippen LogP contribution in [0.3, 0.4) is 0 Å². The van der Waals surface area contributed by atoms with E-state index in [0.717, 1.165) is 33.6 Å². The number of nitrogens with one attached hydrogen (secondary N) is 1. The summed E-state index contributed by atoms with van der Waals surface area (Å²) in [5.74, 6) is -0.195. The number of benzene rings is 1. The van der Waals surface area contributed by atoms with Gasteiger partial charge in [0.05, 0.1) is 18.4 Å². The van der Waals surface area contributed by atoms with Crippen LogP contribution in [0.2, 0.25) is 0 Å². The molecule has 21 heavy (non-hydrogen) atoms. The van der Waals surface area contributed by atoms with E-state index in [-0.39, 0.29) is 5.56 Å². The van der Waals surface area contributed by atoms with E-state index in [0.29, 0.717) is 0 Å². The van der Waals surface area contributed by atoms with Crippen LogP contribution in [-0.4, -0.2) is 28.2 Å². The first-order chi connectivity index (χ1) is 10.1. The van der Waals surface area contributed by atoms with Crippen molar-refractivity contribution in [2.45, 2.75) is 6.92 Å². The number of aromatic amines is 1. The Morgan fingerprint density at radius 2 is 2.10 bits per heavy atom. The fraction of sp³-hybridized carbons (Fsp3) is 0.125. The lowest BCUT2D eigenvalue weighted by Gasteiger charge is -2.03. The number of hydrogen-bond acceptors (Lipinski definition) is 3. The van der Waals surface area contributed by atoms with Gasteiger partial charge in [-0.25, -0.2) is 4.79 Å². The van der Waals surface area contributed by atoms with Crippen LogP contribution in [0.4, 0.5) is 0 Å². The zero-order chi connectivity index (χ0) is 15.0. The molecule has 5 nitrogen and oxygen atoms in total. The number of methoxy groups -OCH3 is 1. The Labute approximate surface area is 121 Å². The molecule has 5 heteroatoms. The Bertz CT molecular complexity index is 819. The van der Waals surface area contributed by atoms with Crippen molar-refractivity contribution in [1.82, 2.24) is 9.97 Å². The average Bonchev–Trinajstić information content (AvgIpc) is 2.82. The quantitative estimate of drug-likeness (QED) is 0.773. The van der Waals surface area contributed by atoms with Crippen molar-refractivity contribution in [3.05, 3.63) is 47.8 Å². The summed E-state index contributed by atoms with van der Waals surface area (Å²) >= 11 is 0. The molecule has 0 saturated heterocycles. The maximum Gasteiger partial charge on any atom is 0.337 e. The molecule has 3 aromatic rings. The molecule has 0 bridgehead atoms. The van der Waals surface area contributed by atoms with E-state index in [1.807, 2.05) is 25.1 Å². The van der Waals surface area contributed by atoms with Crippen LogP contribution in [0.15, 0.2) is 36.5 Å². The minimum Gasteiger partial charge on any atom is -0.497 e. The van der Waals surface area contributed by atoms with Crippen molar-refractivity contribution in [3.8, 4) is 17.0 Å². The highest BCUT2D eigenvalue weighted by Gasteiger charge is 2.13. The van der Waals surface area contributed by atoms with Gasteiger partial charge in [-0.2, -0.15) is 0 Å². The van der Waals surface area contributed by atoms with Crippen LogP contribution >= 0.6 is 0 Å². The first-order valence-electron chi connectivity index (χ1n) is 6.46. The fourth-order valence-corrected chi connectivity index (χ4v) is 2.44. The van der Waals surface area contributed by atoms with Gasteiger partial charge >= 0.3 is 5.97 Å². The predicted octanol–water partition coefficient (Wildman–Crippen LogP) is 3.25. The maximum atomic E-state index is 10.9. The molecule has 0 aliphatic carbocycles. The number of carboxylic acids is 1. The van der Waals surface area contributed by atoms with E-state index in [1.165, 1.54) is 6.20 Å². The number of fused-ring (bicyclic) bond motifs is 1. The molecule has 0 aliphatic rings. The number of aromatic carboxylic acids is 1. The van der Waals surface area contributed by atoms with Gasteiger partial charge in [0.15, 0.2) is 0 Å². The Balaban J connectivity index is 2.15. The van der Waals surface area contributed by atoms with Gasteiger partial charge in [0.2, 0.25) is 0 Å². The number of ether oxygens (including phenoxy) is 1. The third kappa shape index (κ3) is 2.23. The zero-order valence-electron chi connectivity index (χ0n) is 11.7. The zero-order valence-corrected chi connectivity index (χ0v) is 11.7. The van der Waals surface area contributed by atoms with Crippen LogP contribution in [0, 0.1) is 6.92 Å². The minimum atomic E-state index is -0.977. The summed E-state index contributed by atoms with van der Waals surface area (Å²) in [4.78, 5) is 18.5. The van der Waals surface area contributed by atoms with Crippen molar-refractivity contribution in [2.24, 2.45) is 0 Å². The third-order valence-corrected chi connectivity index (χ3v) is 3.46. The molecule has 0 amide bonds. The monoisotopic (exact) mass is 282 g/mol. The van der Waals surface area contributed by atoms with Crippen LogP contribution in [0.5, 0.6) is 5.75 Å². The molecular formula is C16H14N2O3. The van der Waals surface area contributed by atoms with Gasteiger partial charge in [-0.15, -0.1) is 0 Å². The molecule has 0 spiro atoms. The lowest BCUT2D eigenvalue weighted by atomic mass is 10.1. The van der Waals surface area contributed by atoms with Gasteiger partial charge in [0, 0.05) is 34.4 Å². The van der Waals surface area contributed by atoms with Gasteiger partial charge < -0.3 is 14.8 Å². The highest BCUT2D eigenvalue weighted by Crippen LogP contribution is 2.32. The number of nitrogens with zero attached hydrogens (tertiary/aromatic N) is 1. The Morgan fingerprint density at radius 1 is 1.29 bits per heavy atom. The molecule has 0 unspecified atom stereocenters. The molecule has 2 N–H and O–H groups in total. The topological polar surface area (TPSA) is 75.2 Å². The summed E-state index contributed by atoms with van der Waals surface area (Å²) in [5, 5.41) is 9.96. The molecule has 0 atom stereocenters. The van der Waals surface area contributed by atoms with Gasteiger partial charge in [0.25, 0.3) is 0 Å². The van der Waals surface area contributed by atoms with Crippen molar-refractivity contribution >= 4 is 16.9 Å². The highest BCUT2D eigenvalue weighted by atomic mass is 16.5. The number of carboxylic acid groups (broad SMARTS) is 1. The second-order valence-corrected chi connectivity index (χ2v) is 4.77. The average molecular weight is 282 g/mol. The van der Waals surface area contributed by atoms with Crippen molar-refractivity contribution in [1.29, 1.82) is 0 Å². The normalized spacial score (nSPS) is 10.8. The Kier molecular flexibility index (Phi) is 3.10. The molecule has 1 aromatic carbocycles. The van der Waals surface area contributed by atoms with E-state index >= 15 is 0 Å². The lowest BCUT2D eigenvalue weighted by Crippen LogP contribution is -1.97. The molecular weight excluding hydrogens is 268 g/mol. The molecule has 3 rings (SSSR count). The molecule has 0 aliphatic heterocycles. The number of aromatic nitrogens is 2. The second-order valence-electron chi connectivity index (χ2n) is 4.77. The smallest absolute Gasteiger partial charge is 0.337 e. The number of pyridine rings is 1. The van der Waals surface area contributed by atoms with E-state index in [1.54, 1.807) is 19.2 Å². The first-order valence-corrected chi connectivity index (χ1v) is 6.46. The number of rotatable bonds is 3. The fourth-order valence-electron chi connectivity index (χ4n) is 2.44. The van der Waals surface area contributed by atoms with Gasteiger partial charge in [0.1, 0.15) is 5.75 Å². The van der Waals surface area contributed by atoms with E-state index in [4.69, 9.17) is 9.84 Å². The first kappa shape index (κ1) is 13.2. The number of carbonyl (C=O) groups is 1. The van der Waals surface area contributed by atoms with E-state index in [2.05, 4.69) is 9.97 Å². The number of aryl methyl sites for hydroxylation is 1. The largest absolute Gasteiger partial charge is 0.497 e. The van der Waals surface area contributed by atoms with Crippen LogP contribution < -0.4 is 4.74 Å². The number of hydrogen-bond donors (Lipinski definition) is 2.